The summed E-state index contributed by atoms with van der Waals surface area (Å²) in [6.07, 6.45) is 0. The number of anilines is 1. The second-order valence-electron chi connectivity index (χ2n) is 7.02. The number of halogens is 3. The SMILES string of the molecule is COc1ccccc1CN1C(=O)C(Nc2ccc(F)c(F)c2)=C(c2ccc(F)cc2)C1=O. The van der Waals surface area contributed by atoms with E-state index in [4.69, 9.17) is 4.74 Å². The van der Waals surface area contributed by atoms with Crippen molar-refractivity contribution in [3.63, 3.8) is 0 Å². The number of amides is 2. The average molecular weight is 438 g/mol. The Labute approximate surface area is 181 Å². The normalized spacial score (nSPS) is 13.7. The second-order valence-corrected chi connectivity index (χ2v) is 7.02. The quantitative estimate of drug-likeness (QED) is 0.576. The van der Waals surface area contributed by atoms with Crippen molar-refractivity contribution in [3.8, 4) is 5.75 Å². The zero-order valence-corrected chi connectivity index (χ0v) is 16.9. The molecule has 8 heteroatoms. The van der Waals surface area contributed by atoms with Gasteiger partial charge in [-0.25, -0.2) is 13.2 Å². The van der Waals surface area contributed by atoms with Gasteiger partial charge in [0.2, 0.25) is 0 Å². The highest BCUT2D eigenvalue weighted by molar-refractivity contribution is 6.36. The molecule has 1 N–H and O–H groups in total. The topological polar surface area (TPSA) is 58.6 Å². The molecule has 32 heavy (non-hydrogen) atoms. The van der Waals surface area contributed by atoms with Crippen LogP contribution < -0.4 is 10.1 Å². The minimum Gasteiger partial charge on any atom is -0.496 e. The maximum Gasteiger partial charge on any atom is 0.278 e. The number of carbonyl (C=O) groups is 2. The van der Waals surface area contributed by atoms with Gasteiger partial charge in [0.05, 0.1) is 19.2 Å². The van der Waals surface area contributed by atoms with Crippen molar-refractivity contribution in [2.45, 2.75) is 6.54 Å². The fourth-order valence-electron chi connectivity index (χ4n) is 3.44. The van der Waals surface area contributed by atoms with Gasteiger partial charge >= 0.3 is 0 Å². The summed E-state index contributed by atoms with van der Waals surface area (Å²) < 4.78 is 45.7. The van der Waals surface area contributed by atoms with Crippen molar-refractivity contribution in [2.75, 3.05) is 12.4 Å². The largest absolute Gasteiger partial charge is 0.496 e. The van der Waals surface area contributed by atoms with Crippen LogP contribution in [0.2, 0.25) is 0 Å². The maximum absolute atomic E-state index is 13.7. The molecular formula is C24H17F3N2O3. The zero-order valence-electron chi connectivity index (χ0n) is 16.9. The Balaban J connectivity index is 1.75. The molecule has 0 saturated carbocycles. The summed E-state index contributed by atoms with van der Waals surface area (Å²) in [7, 11) is 1.48. The molecule has 0 spiro atoms. The van der Waals surface area contributed by atoms with Gasteiger partial charge in [0, 0.05) is 17.3 Å². The molecule has 3 aromatic rings. The van der Waals surface area contributed by atoms with Crippen LogP contribution >= 0.6 is 0 Å². The second kappa shape index (κ2) is 8.58. The minimum absolute atomic E-state index is 0.00497. The lowest BCUT2D eigenvalue weighted by Gasteiger charge is -2.17. The first-order valence-electron chi connectivity index (χ1n) is 9.59. The third-order valence-electron chi connectivity index (χ3n) is 5.01. The van der Waals surface area contributed by atoms with Crippen LogP contribution in [-0.4, -0.2) is 23.8 Å². The van der Waals surface area contributed by atoms with Crippen LogP contribution in [0.15, 0.2) is 72.4 Å². The highest BCUT2D eigenvalue weighted by Crippen LogP contribution is 2.33. The molecule has 0 fully saturated rings. The van der Waals surface area contributed by atoms with E-state index in [9.17, 15) is 22.8 Å². The van der Waals surface area contributed by atoms with Crippen molar-refractivity contribution >= 4 is 23.1 Å². The first-order chi connectivity index (χ1) is 15.4. The number of carbonyl (C=O) groups excluding carboxylic acids is 2. The van der Waals surface area contributed by atoms with Gasteiger partial charge < -0.3 is 10.1 Å². The molecule has 2 amide bonds. The standard InChI is InChI=1S/C24H17F3N2O3/c1-32-20-5-3-2-4-15(20)13-29-23(30)21(14-6-8-16(25)9-7-14)22(24(29)31)28-17-10-11-18(26)19(27)12-17/h2-12,28H,13H2,1H3. The summed E-state index contributed by atoms with van der Waals surface area (Å²) in [6.45, 7) is -0.0741. The van der Waals surface area contributed by atoms with E-state index in [0.29, 0.717) is 16.9 Å². The minimum atomic E-state index is -1.11. The van der Waals surface area contributed by atoms with Crippen LogP contribution in [0.4, 0.5) is 18.9 Å². The number of para-hydroxylation sites is 1. The Hall–Kier alpha value is -4.07. The molecule has 0 aromatic heterocycles. The van der Waals surface area contributed by atoms with Crippen LogP contribution in [0, 0.1) is 17.5 Å². The first-order valence-corrected chi connectivity index (χ1v) is 9.59. The molecular weight excluding hydrogens is 421 g/mol. The predicted octanol–water partition coefficient (Wildman–Crippen LogP) is 4.50. The number of methoxy groups -OCH3 is 1. The molecule has 1 aliphatic heterocycles. The van der Waals surface area contributed by atoms with Gasteiger partial charge in [-0.05, 0) is 35.9 Å². The molecule has 3 aromatic carbocycles. The number of imide groups is 1. The summed E-state index contributed by atoms with van der Waals surface area (Å²) in [6, 6.07) is 15.0. The van der Waals surface area contributed by atoms with Crippen molar-refractivity contribution in [3.05, 3.63) is 101 Å². The van der Waals surface area contributed by atoms with Crippen molar-refractivity contribution in [1.29, 1.82) is 0 Å². The Kier molecular flexibility index (Phi) is 5.68. The average Bonchev–Trinajstić information content (AvgIpc) is 3.01. The summed E-state index contributed by atoms with van der Waals surface area (Å²) in [4.78, 5) is 27.5. The lowest BCUT2D eigenvalue weighted by Crippen LogP contribution is -2.32. The molecule has 0 radical (unpaired) electrons. The van der Waals surface area contributed by atoms with E-state index in [1.54, 1.807) is 24.3 Å². The van der Waals surface area contributed by atoms with E-state index in [2.05, 4.69) is 5.32 Å². The Morgan fingerprint density at radius 2 is 1.59 bits per heavy atom. The molecule has 0 unspecified atom stereocenters. The maximum atomic E-state index is 13.7. The molecule has 0 bridgehead atoms. The number of nitrogens with one attached hydrogen (secondary N) is 1. The summed E-state index contributed by atoms with van der Waals surface area (Å²) in [5.74, 6) is -3.44. The van der Waals surface area contributed by atoms with E-state index in [1.165, 1.54) is 25.3 Å². The number of nitrogens with zero attached hydrogens (tertiary/aromatic N) is 1. The number of rotatable bonds is 6. The number of hydrogen-bond acceptors (Lipinski definition) is 4. The van der Waals surface area contributed by atoms with Crippen LogP contribution in [-0.2, 0) is 16.1 Å². The molecule has 0 saturated heterocycles. The van der Waals surface area contributed by atoms with Crippen molar-refractivity contribution in [2.24, 2.45) is 0 Å². The van der Waals surface area contributed by atoms with Gasteiger partial charge in [0.25, 0.3) is 11.8 Å². The predicted molar refractivity (Wildman–Crippen MR) is 112 cm³/mol. The summed E-state index contributed by atoms with van der Waals surface area (Å²) >= 11 is 0. The highest BCUT2D eigenvalue weighted by atomic mass is 19.2. The molecule has 1 aliphatic rings. The van der Waals surface area contributed by atoms with Crippen LogP contribution in [0.1, 0.15) is 11.1 Å². The first kappa shape index (κ1) is 21.2. The van der Waals surface area contributed by atoms with E-state index in [0.717, 1.165) is 29.2 Å². The van der Waals surface area contributed by atoms with Crippen molar-refractivity contribution in [1.82, 2.24) is 4.90 Å². The van der Waals surface area contributed by atoms with Gasteiger partial charge in [-0.3, -0.25) is 14.5 Å². The summed E-state index contributed by atoms with van der Waals surface area (Å²) in [5.41, 5.74) is 0.859. The van der Waals surface area contributed by atoms with Crippen molar-refractivity contribution < 1.29 is 27.5 Å². The number of hydrogen-bond donors (Lipinski definition) is 1. The van der Waals surface area contributed by atoms with Gasteiger partial charge in [-0.15, -0.1) is 0 Å². The third-order valence-corrected chi connectivity index (χ3v) is 5.01. The highest BCUT2D eigenvalue weighted by Gasteiger charge is 2.39. The molecule has 162 valence electrons. The van der Waals surface area contributed by atoms with E-state index in [-0.39, 0.29) is 23.5 Å². The van der Waals surface area contributed by atoms with Gasteiger partial charge in [0.1, 0.15) is 17.3 Å². The van der Waals surface area contributed by atoms with Gasteiger partial charge in [-0.1, -0.05) is 30.3 Å². The van der Waals surface area contributed by atoms with Gasteiger partial charge in [-0.2, -0.15) is 0 Å². The Bertz CT molecular complexity index is 1240. The fraction of sp³-hybridized carbons (Fsp3) is 0.0833. The Morgan fingerprint density at radius 1 is 0.875 bits per heavy atom. The smallest absolute Gasteiger partial charge is 0.278 e. The van der Waals surface area contributed by atoms with Crippen LogP contribution in [0.3, 0.4) is 0 Å². The molecule has 4 rings (SSSR count). The van der Waals surface area contributed by atoms with E-state index < -0.39 is 29.3 Å². The Morgan fingerprint density at radius 3 is 2.28 bits per heavy atom. The molecule has 5 nitrogen and oxygen atoms in total. The van der Waals surface area contributed by atoms with Crippen LogP contribution in [0.5, 0.6) is 5.75 Å². The van der Waals surface area contributed by atoms with Gasteiger partial charge in [0.15, 0.2) is 11.6 Å². The molecule has 0 aliphatic carbocycles. The van der Waals surface area contributed by atoms with E-state index >= 15 is 0 Å². The lowest BCUT2D eigenvalue weighted by atomic mass is 10.0. The monoisotopic (exact) mass is 438 g/mol. The fourth-order valence-corrected chi connectivity index (χ4v) is 3.44. The lowest BCUT2D eigenvalue weighted by molar-refractivity contribution is -0.137. The zero-order chi connectivity index (χ0) is 22.8. The van der Waals surface area contributed by atoms with Crippen LogP contribution in [0.25, 0.3) is 5.57 Å². The molecule has 0 atom stereocenters. The van der Waals surface area contributed by atoms with E-state index in [1.807, 2.05) is 0 Å². The number of benzene rings is 3. The third kappa shape index (κ3) is 3.94. The number of ether oxygens (including phenoxy) is 1. The molecule has 1 heterocycles. The summed E-state index contributed by atoms with van der Waals surface area (Å²) in [5, 5.41) is 2.73.